The van der Waals surface area contributed by atoms with Gasteiger partial charge in [0.15, 0.2) is 11.5 Å². The van der Waals surface area contributed by atoms with Crippen molar-refractivity contribution < 1.29 is 24.2 Å². The highest BCUT2D eigenvalue weighted by Gasteiger charge is 2.25. The second-order valence-electron chi connectivity index (χ2n) is 4.45. The van der Waals surface area contributed by atoms with Gasteiger partial charge in [-0.3, -0.25) is 4.79 Å². The van der Waals surface area contributed by atoms with E-state index in [0.717, 1.165) is 0 Å². The first-order valence-corrected chi connectivity index (χ1v) is 6.45. The number of benzene rings is 2. The normalized spacial score (nSPS) is 11.5. The Balaban J connectivity index is 2.28. The number of methoxy groups -OCH3 is 1. The number of esters is 1. The van der Waals surface area contributed by atoms with Gasteiger partial charge in [0, 0.05) is 5.56 Å². The van der Waals surface area contributed by atoms with Crippen LogP contribution in [0.25, 0.3) is 0 Å². The first-order chi connectivity index (χ1) is 10.5. The lowest BCUT2D eigenvalue weighted by atomic mass is 10.1. The van der Waals surface area contributed by atoms with Gasteiger partial charge in [-0.15, -0.1) is 0 Å². The fraction of sp³-hybridized carbons (Fsp3) is 0.125. The van der Waals surface area contributed by atoms with Gasteiger partial charge in [0.1, 0.15) is 5.56 Å². The topological polar surface area (TPSA) is 98.9 Å². The van der Waals surface area contributed by atoms with E-state index in [1.165, 1.54) is 25.3 Å². The molecule has 0 saturated carbocycles. The van der Waals surface area contributed by atoms with E-state index in [1.807, 2.05) is 0 Å². The second kappa shape index (κ2) is 6.62. The highest BCUT2D eigenvalue weighted by molar-refractivity contribution is 5.95. The van der Waals surface area contributed by atoms with Gasteiger partial charge in [0.2, 0.25) is 6.10 Å². The average Bonchev–Trinajstić information content (AvgIpc) is 2.53. The van der Waals surface area contributed by atoms with E-state index in [1.54, 1.807) is 30.3 Å². The van der Waals surface area contributed by atoms with Crippen LogP contribution in [0.3, 0.4) is 0 Å². The highest BCUT2D eigenvalue weighted by Crippen LogP contribution is 2.31. The molecule has 6 nitrogen and oxygen atoms in total. The molecule has 22 heavy (non-hydrogen) atoms. The first kappa shape index (κ1) is 15.4. The maximum absolute atomic E-state index is 12.2. The van der Waals surface area contributed by atoms with Crippen molar-refractivity contribution in [2.45, 2.75) is 6.10 Å². The number of para-hydroxylation sites is 1. The van der Waals surface area contributed by atoms with E-state index in [9.17, 15) is 14.7 Å². The molecule has 0 aliphatic rings. The minimum absolute atomic E-state index is 0.110. The van der Waals surface area contributed by atoms with E-state index in [2.05, 4.69) is 0 Å². The molecule has 2 rings (SSSR count). The molecule has 0 aromatic heterocycles. The number of ether oxygens (including phenoxy) is 2. The smallest absolute Gasteiger partial charge is 0.343 e. The van der Waals surface area contributed by atoms with Crippen LogP contribution in [-0.2, 0) is 9.53 Å². The Morgan fingerprint density at radius 2 is 1.77 bits per heavy atom. The average molecular weight is 301 g/mol. The predicted molar refractivity (Wildman–Crippen MR) is 78.5 cm³/mol. The summed E-state index contributed by atoms with van der Waals surface area (Å²) in [5, 5.41) is 9.94. The summed E-state index contributed by atoms with van der Waals surface area (Å²) in [6.07, 6.45) is -1.24. The molecule has 2 aromatic rings. The fourth-order valence-electron chi connectivity index (χ4n) is 1.94. The third-order valence-electron chi connectivity index (χ3n) is 3.02. The SMILES string of the molecule is COc1cccc(C(=O)O[C@@H](C(N)=O)c2ccccc2)c1O. The summed E-state index contributed by atoms with van der Waals surface area (Å²) >= 11 is 0. The number of carbonyl (C=O) groups is 2. The van der Waals surface area contributed by atoms with Crippen molar-refractivity contribution in [2.75, 3.05) is 7.11 Å². The molecule has 1 atom stereocenters. The molecular formula is C16H15NO5. The number of rotatable bonds is 5. The molecule has 2 aromatic carbocycles. The Bertz CT molecular complexity index is 684. The van der Waals surface area contributed by atoms with Crippen LogP contribution in [0.1, 0.15) is 22.0 Å². The zero-order chi connectivity index (χ0) is 16.1. The Kier molecular flexibility index (Phi) is 4.63. The largest absolute Gasteiger partial charge is 0.504 e. The molecule has 0 heterocycles. The molecule has 0 aliphatic carbocycles. The lowest BCUT2D eigenvalue weighted by Gasteiger charge is -2.16. The molecule has 0 aliphatic heterocycles. The van der Waals surface area contributed by atoms with E-state index in [0.29, 0.717) is 5.56 Å². The highest BCUT2D eigenvalue weighted by atomic mass is 16.5. The summed E-state index contributed by atoms with van der Waals surface area (Å²) in [6, 6.07) is 12.8. The van der Waals surface area contributed by atoms with E-state index >= 15 is 0 Å². The fourth-order valence-corrected chi connectivity index (χ4v) is 1.94. The van der Waals surface area contributed by atoms with Crippen LogP contribution in [0.15, 0.2) is 48.5 Å². The Labute approximate surface area is 127 Å². The van der Waals surface area contributed by atoms with Gasteiger partial charge < -0.3 is 20.3 Å². The van der Waals surface area contributed by atoms with Gasteiger partial charge >= 0.3 is 5.97 Å². The second-order valence-corrected chi connectivity index (χ2v) is 4.45. The molecule has 0 unspecified atom stereocenters. The third-order valence-corrected chi connectivity index (χ3v) is 3.02. The summed E-state index contributed by atoms with van der Waals surface area (Å²) in [5.41, 5.74) is 5.63. The van der Waals surface area contributed by atoms with Crippen molar-refractivity contribution in [3.8, 4) is 11.5 Å². The number of amides is 1. The van der Waals surface area contributed by atoms with Gasteiger partial charge in [-0.25, -0.2) is 4.79 Å². The summed E-state index contributed by atoms with van der Waals surface area (Å²) in [4.78, 5) is 23.7. The molecular weight excluding hydrogens is 286 g/mol. The maximum atomic E-state index is 12.2. The van der Waals surface area contributed by atoms with Crippen molar-refractivity contribution in [3.63, 3.8) is 0 Å². The summed E-state index contributed by atoms with van der Waals surface area (Å²) in [7, 11) is 1.36. The Hall–Kier alpha value is -3.02. The van der Waals surface area contributed by atoms with Crippen LogP contribution >= 0.6 is 0 Å². The number of primary amides is 1. The molecule has 0 spiro atoms. The Morgan fingerprint density at radius 1 is 1.09 bits per heavy atom. The van der Waals surface area contributed by atoms with Crippen LogP contribution in [0.5, 0.6) is 11.5 Å². The minimum Gasteiger partial charge on any atom is -0.504 e. The van der Waals surface area contributed by atoms with Gasteiger partial charge in [-0.1, -0.05) is 36.4 Å². The number of phenolic OH excluding ortho intramolecular Hbond substituents is 1. The standard InChI is InChI=1S/C16H15NO5/c1-21-12-9-5-8-11(13(12)18)16(20)22-14(15(17)19)10-6-3-2-4-7-10/h2-9,14,18H,1H3,(H2,17,19)/t14-/m1/s1. The number of carbonyl (C=O) groups excluding carboxylic acids is 2. The van der Waals surface area contributed by atoms with Gasteiger partial charge in [-0.2, -0.15) is 0 Å². The molecule has 0 radical (unpaired) electrons. The van der Waals surface area contributed by atoms with Gasteiger partial charge in [0.25, 0.3) is 5.91 Å². The van der Waals surface area contributed by atoms with Gasteiger partial charge in [0.05, 0.1) is 7.11 Å². The predicted octanol–water partition coefficient (Wildman–Crippen LogP) is 1.78. The zero-order valence-corrected chi connectivity index (χ0v) is 11.9. The van der Waals surface area contributed by atoms with E-state index in [-0.39, 0.29) is 17.1 Å². The Morgan fingerprint density at radius 3 is 2.36 bits per heavy atom. The number of aromatic hydroxyl groups is 1. The molecule has 1 amide bonds. The van der Waals surface area contributed by atoms with Crippen LogP contribution in [-0.4, -0.2) is 24.1 Å². The molecule has 3 N–H and O–H groups in total. The molecule has 0 saturated heterocycles. The number of nitrogens with two attached hydrogens (primary N) is 1. The summed E-state index contributed by atoms with van der Waals surface area (Å²) < 4.78 is 10.1. The van der Waals surface area contributed by atoms with Crippen molar-refractivity contribution >= 4 is 11.9 Å². The van der Waals surface area contributed by atoms with E-state index < -0.39 is 18.0 Å². The molecule has 6 heteroatoms. The van der Waals surface area contributed by atoms with Crippen molar-refractivity contribution in [1.82, 2.24) is 0 Å². The number of hydrogen-bond donors (Lipinski definition) is 2. The first-order valence-electron chi connectivity index (χ1n) is 6.45. The van der Waals surface area contributed by atoms with Crippen LogP contribution in [0, 0.1) is 0 Å². The van der Waals surface area contributed by atoms with Crippen LogP contribution < -0.4 is 10.5 Å². The van der Waals surface area contributed by atoms with E-state index in [4.69, 9.17) is 15.2 Å². The number of phenols is 1. The lowest BCUT2D eigenvalue weighted by Crippen LogP contribution is -2.26. The quantitative estimate of drug-likeness (QED) is 0.820. The third kappa shape index (κ3) is 3.17. The summed E-state index contributed by atoms with van der Waals surface area (Å²) in [6.45, 7) is 0. The van der Waals surface area contributed by atoms with Crippen LogP contribution in [0.4, 0.5) is 0 Å². The molecule has 0 fully saturated rings. The monoisotopic (exact) mass is 301 g/mol. The maximum Gasteiger partial charge on any atom is 0.343 e. The molecule has 114 valence electrons. The molecule has 0 bridgehead atoms. The lowest BCUT2D eigenvalue weighted by molar-refractivity contribution is -0.127. The number of hydrogen-bond acceptors (Lipinski definition) is 5. The summed E-state index contributed by atoms with van der Waals surface area (Å²) in [5.74, 6) is -1.90. The zero-order valence-electron chi connectivity index (χ0n) is 11.9. The van der Waals surface area contributed by atoms with Crippen molar-refractivity contribution in [3.05, 3.63) is 59.7 Å². The van der Waals surface area contributed by atoms with Crippen LogP contribution in [0.2, 0.25) is 0 Å². The minimum atomic E-state index is -1.24. The van der Waals surface area contributed by atoms with Crippen molar-refractivity contribution in [1.29, 1.82) is 0 Å². The van der Waals surface area contributed by atoms with Gasteiger partial charge in [-0.05, 0) is 12.1 Å². The van der Waals surface area contributed by atoms with Crippen molar-refractivity contribution in [2.24, 2.45) is 5.73 Å².